The van der Waals surface area contributed by atoms with E-state index in [4.69, 9.17) is 26.4 Å². The lowest BCUT2D eigenvalue weighted by Crippen LogP contribution is -2.34. The Bertz CT molecular complexity index is 1190. The molecule has 4 rings (SSSR count). The van der Waals surface area contributed by atoms with Crippen LogP contribution in [-0.2, 0) is 17.6 Å². The number of rotatable bonds is 8. The number of carbonyl (C=O) groups is 2. The Morgan fingerprint density at radius 2 is 1.60 bits per heavy atom. The minimum absolute atomic E-state index is 0.122. The normalized spacial score (nSPS) is 12.3. The first kappa shape index (κ1) is 24.7. The standard InChI is InChI=1S/C26H26N2O5S2/c1-31-25(30)22-20-9-5-6-10-21(20)35-24(22)28-26(34)27-23(29)17-11-13-19(14-12-17)33-16-15-32-18-7-3-2-4-8-18/h2-4,7-8,11-14H,5-6,9-10,15-16H2,1H3,(H2,27,28,29,34). The molecular formula is C26H26N2O5S2. The van der Waals surface area contributed by atoms with Crippen LogP contribution >= 0.6 is 23.6 Å². The molecule has 0 fully saturated rings. The van der Waals surface area contributed by atoms with Gasteiger partial charge in [-0.3, -0.25) is 10.1 Å². The zero-order valence-corrected chi connectivity index (χ0v) is 20.9. The van der Waals surface area contributed by atoms with Crippen molar-refractivity contribution in [2.45, 2.75) is 25.7 Å². The topological polar surface area (TPSA) is 85.9 Å². The Hall–Kier alpha value is -3.43. The van der Waals surface area contributed by atoms with Crippen molar-refractivity contribution < 1.29 is 23.8 Å². The van der Waals surface area contributed by atoms with Gasteiger partial charge in [0, 0.05) is 10.4 Å². The number of aryl methyl sites for hydroxylation is 1. The van der Waals surface area contributed by atoms with Gasteiger partial charge in [0.15, 0.2) is 5.11 Å². The first-order chi connectivity index (χ1) is 17.0. The number of benzene rings is 2. The average molecular weight is 511 g/mol. The highest BCUT2D eigenvalue weighted by atomic mass is 32.1. The van der Waals surface area contributed by atoms with E-state index in [-0.39, 0.29) is 11.0 Å². The van der Waals surface area contributed by atoms with Gasteiger partial charge in [-0.1, -0.05) is 18.2 Å². The molecule has 0 bridgehead atoms. The number of hydrogen-bond donors (Lipinski definition) is 2. The molecule has 1 amide bonds. The summed E-state index contributed by atoms with van der Waals surface area (Å²) in [6.45, 7) is 0.785. The number of esters is 1. The van der Waals surface area contributed by atoms with Crippen molar-refractivity contribution in [3.05, 3.63) is 76.2 Å². The third kappa shape index (κ3) is 6.37. The number of methoxy groups -OCH3 is 1. The van der Waals surface area contributed by atoms with Crippen molar-refractivity contribution in [3.8, 4) is 11.5 Å². The van der Waals surface area contributed by atoms with Crippen LogP contribution in [0.25, 0.3) is 0 Å². The Balaban J connectivity index is 1.30. The largest absolute Gasteiger partial charge is 0.490 e. The lowest BCUT2D eigenvalue weighted by atomic mass is 9.95. The predicted molar refractivity (Wildman–Crippen MR) is 140 cm³/mol. The maximum Gasteiger partial charge on any atom is 0.341 e. The van der Waals surface area contributed by atoms with Crippen molar-refractivity contribution in [1.82, 2.24) is 5.32 Å². The van der Waals surface area contributed by atoms with E-state index >= 15 is 0 Å². The van der Waals surface area contributed by atoms with Crippen LogP contribution < -0.4 is 20.1 Å². The number of nitrogens with one attached hydrogen (secondary N) is 2. The molecule has 0 radical (unpaired) electrons. The molecule has 1 aliphatic rings. The van der Waals surface area contributed by atoms with E-state index in [1.165, 1.54) is 18.4 Å². The zero-order chi connectivity index (χ0) is 24.6. The van der Waals surface area contributed by atoms with Crippen LogP contribution in [0.5, 0.6) is 11.5 Å². The molecule has 0 unspecified atom stereocenters. The lowest BCUT2D eigenvalue weighted by Gasteiger charge is -2.12. The van der Waals surface area contributed by atoms with Crippen molar-refractivity contribution >= 4 is 45.5 Å². The molecule has 0 atom stereocenters. The van der Waals surface area contributed by atoms with Gasteiger partial charge in [0.25, 0.3) is 5.91 Å². The lowest BCUT2D eigenvalue weighted by molar-refractivity contribution is 0.0601. The minimum atomic E-state index is -0.397. The molecule has 0 saturated heterocycles. The quantitative estimate of drug-likeness (QED) is 0.251. The SMILES string of the molecule is COC(=O)c1c(NC(=S)NC(=O)c2ccc(OCCOc3ccccc3)cc2)sc2c1CCCC2. The summed E-state index contributed by atoms with van der Waals surface area (Å²) in [5, 5.41) is 6.43. The molecule has 182 valence electrons. The highest BCUT2D eigenvalue weighted by Crippen LogP contribution is 2.38. The number of amides is 1. The number of hydrogen-bond acceptors (Lipinski definition) is 7. The van der Waals surface area contributed by atoms with Gasteiger partial charge in [0.1, 0.15) is 29.7 Å². The first-order valence-corrected chi connectivity index (χ1v) is 12.5. The van der Waals surface area contributed by atoms with E-state index in [9.17, 15) is 9.59 Å². The number of anilines is 1. The van der Waals surface area contributed by atoms with Crippen LogP contribution in [0, 0.1) is 0 Å². The number of carbonyl (C=O) groups excluding carboxylic acids is 2. The molecule has 2 aromatic carbocycles. The average Bonchev–Trinajstić information content (AvgIpc) is 3.24. The molecule has 1 aliphatic carbocycles. The fourth-order valence-electron chi connectivity index (χ4n) is 3.82. The van der Waals surface area contributed by atoms with E-state index in [1.807, 2.05) is 30.3 Å². The zero-order valence-electron chi connectivity index (χ0n) is 19.3. The van der Waals surface area contributed by atoms with Crippen molar-refractivity contribution in [2.24, 2.45) is 0 Å². The smallest absolute Gasteiger partial charge is 0.341 e. The summed E-state index contributed by atoms with van der Waals surface area (Å²) in [7, 11) is 1.36. The van der Waals surface area contributed by atoms with E-state index in [2.05, 4.69) is 10.6 Å². The molecule has 0 saturated carbocycles. The molecule has 2 N–H and O–H groups in total. The van der Waals surface area contributed by atoms with Gasteiger partial charge < -0.3 is 19.5 Å². The summed E-state index contributed by atoms with van der Waals surface area (Å²) in [4.78, 5) is 26.2. The Morgan fingerprint density at radius 1 is 0.943 bits per heavy atom. The van der Waals surface area contributed by atoms with E-state index in [0.717, 1.165) is 41.9 Å². The maximum absolute atomic E-state index is 12.7. The number of para-hydroxylation sites is 1. The van der Waals surface area contributed by atoms with E-state index in [1.54, 1.807) is 24.3 Å². The number of thiophene rings is 1. The van der Waals surface area contributed by atoms with Crippen molar-refractivity contribution in [2.75, 3.05) is 25.6 Å². The van der Waals surface area contributed by atoms with Crippen molar-refractivity contribution in [3.63, 3.8) is 0 Å². The molecule has 3 aromatic rings. The fraction of sp³-hybridized carbons (Fsp3) is 0.269. The monoisotopic (exact) mass is 510 g/mol. The molecule has 35 heavy (non-hydrogen) atoms. The van der Waals surface area contributed by atoms with Crippen LogP contribution in [0.3, 0.4) is 0 Å². The van der Waals surface area contributed by atoms with Crippen LogP contribution in [0.1, 0.15) is 44.0 Å². The molecule has 1 aromatic heterocycles. The molecule has 7 nitrogen and oxygen atoms in total. The predicted octanol–water partition coefficient (Wildman–Crippen LogP) is 5.00. The van der Waals surface area contributed by atoms with Gasteiger partial charge in [0.05, 0.1) is 12.7 Å². The third-order valence-electron chi connectivity index (χ3n) is 5.50. The summed E-state index contributed by atoms with van der Waals surface area (Å²) in [6, 6.07) is 16.3. The number of thiocarbonyl (C=S) groups is 1. The Kier molecular flexibility index (Phi) is 8.33. The highest BCUT2D eigenvalue weighted by Gasteiger charge is 2.26. The summed E-state index contributed by atoms with van der Waals surface area (Å²) in [6.07, 6.45) is 3.89. The van der Waals surface area contributed by atoms with Gasteiger partial charge in [-0.05, 0) is 79.9 Å². The van der Waals surface area contributed by atoms with Crippen LogP contribution in [0.2, 0.25) is 0 Å². The molecule has 0 spiro atoms. The number of fused-ring (bicyclic) bond motifs is 1. The fourth-order valence-corrected chi connectivity index (χ4v) is 5.36. The molecule has 9 heteroatoms. The van der Waals surface area contributed by atoms with Crippen LogP contribution in [-0.4, -0.2) is 37.3 Å². The summed E-state index contributed by atoms with van der Waals surface area (Å²) >= 11 is 6.83. The molecule has 1 heterocycles. The first-order valence-electron chi connectivity index (χ1n) is 11.3. The molecule has 0 aliphatic heterocycles. The second kappa shape index (κ2) is 11.8. The second-order valence-corrected chi connectivity index (χ2v) is 9.36. The summed E-state index contributed by atoms with van der Waals surface area (Å²) in [5.74, 6) is 0.660. The van der Waals surface area contributed by atoms with Crippen LogP contribution in [0.4, 0.5) is 5.00 Å². The van der Waals surface area contributed by atoms with Gasteiger partial charge in [-0.25, -0.2) is 4.79 Å². The third-order valence-corrected chi connectivity index (χ3v) is 6.91. The van der Waals surface area contributed by atoms with Gasteiger partial charge >= 0.3 is 5.97 Å². The van der Waals surface area contributed by atoms with Gasteiger partial charge in [0.2, 0.25) is 0 Å². The molecular weight excluding hydrogens is 484 g/mol. The second-order valence-electron chi connectivity index (χ2n) is 7.85. The Morgan fingerprint density at radius 3 is 2.29 bits per heavy atom. The van der Waals surface area contributed by atoms with E-state index in [0.29, 0.717) is 35.1 Å². The van der Waals surface area contributed by atoms with E-state index < -0.39 is 5.97 Å². The highest BCUT2D eigenvalue weighted by molar-refractivity contribution is 7.80. The Labute approximate surface area is 213 Å². The summed E-state index contributed by atoms with van der Waals surface area (Å²) < 4.78 is 16.3. The maximum atomic E-state index is 12.7. The summed E-state index contributed by atoms with van der Waals surface area (Å²) in [5.41, 5.74) is 1.97. The van der Waals surface area contributed by atoms with Crippen LogP contribution in [0.15, 0.2) is 54.6 Å². The van der Waals surface area contributed by atoms with Gasteiger partial charge in [-0.15, -0.1) is 11.3 Å². The van der Waals surface area contributed by atoms with Gasteiger partial charge in [-0.2, -0.15) is 0 Å². The number of ether oxygens (including phenoxy) is 3. The minimum Gasteiger partial charge on any atom is -0.490 e. The van der Waals surface area contributed by atoms with Crippen molar-refractivity contribution in [1.29, 1.82) is 0 Å².